The molecule has 1 aliphatic rings. The van der Waals surface area contributed by atoms with Crippen LogP contribution in [0.15, 0.2) is 28.8 Å². The van der Waals surface area contributed by atoms with Gasteiger partial charge in [0, 0.05) is 12.1 Å². The number of piperidine rings is 1. The van der Waals surface area contributed by atoms with Gasteiger partial charge in [-0.3, -0.25) is 4.90 Å². The number of nitrogens with two attached hydrogens (primary N) is 1. The zero-order valence-corrected chi connectivity index (χ0v) is 11.6. The lowest BCUT2D eigenvalue weighted by molar-refractivity contribution is 0.221. The zero-order chi connectivity index (χ0) is 13.8. The molecule has 1 aliphatic heterocycles. The van der Waals surface area contributed by atoms with Crippen molar-refractivity contribution in [3.05, 3.63) is 35.7 Å². The summed E-state index contributed by atoms with van der Waals surface area (Å²) in [7, 11) is 0. The Balaban J connectivity index is 1.83. The van der Waals surface area contributed by atoms with E-state index in [0.29, 0.717) is 11.7 Å². The number of aromatic nitrogens is 2. The summed E-state index contributed by atoms with van der Waals surface area (Å²) in [4.78, 5) is 6.82. The van der Waals surface area contributed by atoms with Crippen molar-refractivity contribution >= 4 is 0 Å². The first-order chi connectivity index (χ1) is 9.86. The molecule has 0 amide bonds. The molecular formula is C15H20N4O. The van der Waals surface area contributed by atoms with Gasteiger partial charge in [-0.25, -0.2) is 0 Å². The Morgan fingerprint density at radius 2 is 1.95 bits per heavy atom. The third kappa shape index (κ3) is 2.89. The number of rotatable bonds is 4. The van der Waals surface area contributed by atoms with E-state index in [-0.39, 0.29) is 6.54 Å². The van der Waals surface area contributed by atoms with Crippen LogP contribution in [0, 0.1) is 0 Å². The Bertz CT molecular complexity index is 561. The summed E-state index contributed by atoms with van der Waals surface area (Å²) in [5.74, 6) is 1.12. The second-order valence-electron chi connectivity index (χ2n) is 5.21. The van der Waals surface area contributed by atoms with E-state index in [1.54, 1.807) is 0 Å². The first-order valence-electron chi connectivity index (χ1n) is 7.20. The monoisotopic (exact) mass is 272 g/mol. The Labute approximate surface area is 118 Å². The molecule has 0 spiro atoms. The standard InChI is InChI=1S/C15H20N4O/c16-10-14-17-15(18-20-14)13-7-3-2-6-12(13)11-19-8-4-1-5-9-19/h2-3,6-7H,1,4-5,8-11,16H2. The normalized spacial score (nSPS) is 16.4. The molecule has 1 saturated heterocycles. The molecule has 106 valence electrons. The summed E-state index contributed by atoms with van der Waals surface area (Å²) in [6.07, 6.45) is 3.94. The van der Waals surface area contributed by atoms with Crippen LogP contribution in [0.2, 0.25) is 0 Å². The molecule has 2 aromatic rings. The fraction of sp³-hybridized carbons (Fsp3) is 0.467. The van der Waals surface area contributed by atoms with E-state index in [1.807, 2.05) is 12.1 Å². The van der Waals surface area contributed by atoms with Gasteiger partial charge in [0.2, 0.25) is 11.7 Å². The SMILES string of the molecule is NCc1nc(-c2ccccc2CN2CCCCC2)no1. The number of benzene rings is 1. The van der Waals surface area contributed by atoms with Crippen LogP contribution < -0.4 is 5.73 Å². The number of likely N-dealkylation sites (tertiary alicyclic amines) is 1. The van der Waals surface area contributed by atoms with E-state index in [0.717, 1.165) is 12.1 Å². The van der Waals surface area contributed by atoms with Crippen molar-refractivity contribution < 1.29 is 4.52 Å². The highest BCUT2D eigenvalue weighted by atomic mass is 16.5. The fourth-order valence-electron chi connectivity index (χ4n) is 2.68. The summed E-state index contributed by atoms with van der Waals surface area (Å²) in [6.45, 7) is 3.58. The van der Waals surface area contributed by atoms with Crippen molar-refractivity contribution in [3.63, 3.8) is 0 Å². The predicted molar refractivity (Wildman–Crippen MR) is 76.8 cm³/mol. The maximum Gasteiger partial charge on any atom is 0.240 e. The highest BCUT2D eigenvalue weighted by Crippen LogP contribution is 2.23. The largest absolute Gasteiger partial charge is 0.338 e. The third-order valence-electron chi connectivity index (χ3n) is 3.74. The summed E-state index contributed by atoms with van der Waals surface area (Å²) in [5, 5.41) is 4.03. The first-order valence-corrected chi connectivity index (χ1v) is 7.20. The smallest absolute Gasteiger partial charge is 0.240 e. The molecule has 3 rings (SSSR count). The molecule has 0 atom stereocenters. The molecule has 0 radical (unpaired) electrons. The Morgan fingerprint density at radius 3 is 2.70 bits per heavy atom. The van der Waals surface area contributed by atoms with Crippen molar-refractivity contribution in [3.8, 4) is 11.4 Å². The van der Waals surface area contributed by atoms with E-state index >= 15 is 0 Å². The summed E-state index contributed by atoms with van der Waals surface area (Å²) in [5.41, 5.74) is 7.82. The molecule has 0 bridgehead atoms. The van der Waals surface area contributed by atoms with Crippen LogP contribution in [0.3, 0.4) is 0 Å². The van der Waals surface area contributed by atoms with Crippen LogP contribution in [-0.2, 0) is 13.1 Å². The molecule has 1 aromatic carbocycles. The Hall–Kier alpha value is -1.72. The molecule has 0 saturated carbocycles. The molecule has 1 aromatic heterocycles. The van der Waals surface area contributed by atoms with Crippen LogP contribution in [0.4, 0.5) is 0 Å². The first kappa shape index (κ1) is 13.3. The number of nitrogens with zero attached hydrogens (tertiary/aromatic N) is 3. The quantitative estimate of drug-likeness (QED) is 0.924. The van der Waals surface area contributed by atoms with Crippen molar-refractivity contribution in [1.29, 1.82) is 0 Å². The summed E-state index contributed by atoms with van der Waals surface area (Å²) >= 11 is 0. The minimum absolute atomic E-state index is 0.279. The lowest BCUT2D eigenvalue weighted by Crippen LogP contribution is -2.29. The molecule has 0 unspecified atom stereocenters. The fourth-order valence-corrected chi connectivity index (χ4v) is 2.68. The van der Waals surface area contributed by atoms with Crippen molar-refractivity contribution in [2.45, 2.75) is 32.4 Å². The number of hydrogen-bond donors (Lipinski definition) is 1. The summed E-state index contributed by atoms with van der Waals surface area (Å²) in [6, 6.07) is 8.26. The average Bonchev–Trinajstić information content (AvgIpc) is 2.98. The summed E-state index contributed by atoms with van der Waals surface area (Å²) < 4.78 is 5.11. The average molecular weight is 272 g/mol. The van der Waals surface area contributed by atoms with Gasteiger partial charge in [-0.05, 0) is 31.5 Å². The third-order valence-corrected chi connectivity index (χ3v) is 3.74. The molecule has 5 heteroatoms. The number of hydrogen-bond acceptors (Lipinski definition) is 5. The second-order valence-corrected chi connectivity index (χ2v) is 5.21. The highest BCUT2D eigenvalue weighted by molar-refractivity contribution is 5.59. The molecular weight excluding hydrogens is 252 g/mol. The van der Waals surface area contributed by atoms with Gasteiger partial charge in [0.15, 0.2) is 0 Å². The molecule has 5 nitrogen and oxygen atoms in total. The molecule has 0 aliphatic carbocycles. The van der Waals surface area contributed by atoms with E-state index in [4.69, 9.17) is 10.3 Å². The van der Waals surface area contributed by atoms with Gasteiger partial charge in [0.05, 0.1) is 6.54 Å². The highest BCUT2D eigenvalue weighted by Gasteiger charge is 2.15. The van der Waals surface area contributed by atoms with Crippen molar-refractivity contribution in [2.75, 3.05) is 13.1 Å². The van der Waals surface area contributed by atoms with E-state index < -0.39 is 0 Å². The second kappa shape index (κ2) is 6.15. The van der Waals surface area contributed by atoms with Gasteiger partial charge in [0.1, 0.15) is 0 Å². The van der Waals surface area contributed by atoms with E-state index in [1.165, 1.54) is 37.9 Å². The minimum atomic E-state index is 0.279. The minimum Gasteiger partial charge on any atom is -0.338 e. The van der Waals surface area contributed by atoms with Crippen LogP contribution >= 0.6 is 0 Å². The molecule has 20 heavy (non-hydrogen) atoms. The zero-order valence-electron chi connectivity index (χ0n) is 11.6. The Kier molecular flexibility index (Phi) is 4.08. The van der Waals surface area contributed by atoms with Crippen LogP contribution in [0.25, 0.3) is 11.4 Å². The van der Waals surface area contributed by atoms with Gasteiger partial charge in [-0.15, -0.1) is 0 Å². The van der Waals surface area contributed by atoms with Gasteiger partial charge >= 0.3 is 0 Å². The molecule has 1 fully saturated rings. The van der Waals surface area contributed by atoms with Crippen LogP contribution in [0.5, 0.6) is 0 Å². The topological polar surface area (TPSA) is 68.2 Å². The van der Waals surface area contributed by atoms with Crippen molar-refractivity contribution in [1.82, 2.24) is 15.0 Å². The van der Waals surface area contributed by atoms with Gasteiger partial charge in [-0.1, -0.05) is 35.8 Å². The lowest BCUT2D eigenvalue weighted by atomic mass is 10.0. The van der Waals surface area contributed by atoms with Gasteiger partial charge in [-0.2, -0.15) is 4.98 Å². The lowest BCUT2D eigenvalue weighted by Gasteiger charge is -2.27. The maximum atomic E-state index is 5.52. The molecule has 2 heterocycles. The Morgan fingerprint density at radius 1 is 1.15 bits per heavy atom. The maximum absolute atomic E-state index is 5.52. The van der Waals surface area contributed by atoms with Gasteiger partial charge < -0.3 is 10.3 Å². The van der Waals surface area contributed by atoms with Crippen LogP contribution in [0.1, 0.15) is 30.7 Å². The predicted octanol–water partition coefficient (Wildman–Crippen LogP) is 2.18. The van der Waals surface area contributed by atoms with E-state index in [9.17, 15) is 0 Å². The van der Waals surface area contributed by atoms with Crippen LogP contribution in [-0.4, -0.2) is 28.1 Å². The van der Waals surface area contributed by atoms with E-state index in [2.05, 4.69) is 27.2 Å². The van der Waals surface area contributed by atoms with Gasteiger partial charge in [0.25, 0.3) is 0 Å². The van der Waals surface area contributed by atoms with Crippen molar-refractivity contribution in [2.24, 2.45) is 5.73 Å². The molecule has 2 N–H and O–H groups in total.